The molecule has 0 spiro atoms. The molecule has 2 aliphatic heterocycles. The van der Waals surface area contributed by atoms with E-state index in [9.17, 15) is 0 Å². The first-order valence-corrected chi connectivity index (χ1v) is 11.9. The second-order valence-corrected chi connectivity index (χ2v) is 9.02. The van der Waals surface area contributed by atoms with E-state index in [-0.39, 0.29) is 0 Å². The number of nitrogens with zero attached hydrogens (tertiary/aromatic N) is 1. The third-order valence-electron chi connectivity index (χ3n) is 7.35. The van der Waals surface area contributed by atoms with Crippen molar-refractivity contribution >= 4 is 21.5 Å². The van der Waals surface area contributed by atoms with Crippen LogP contribution in [-0.2, 0) is 6.54 Å². The van der Waals surface area contributed by atoms with E-state index in [0.717, 1.165) is 30.3 Å². The zero-order valence-electron chi connectivity index (χ0n) is 19.7. The number of fused-ring (bicyclic) bond motifs is 7. The molecule has 5 rings (SSSR count). The molecule has 1 saturated heterocycles. The maximum absolute atomic E-state index is 5.71. The maximum atomic E-state index is 5.71. The fraction of sp³-hybridized carbons (Fsp3) is 0.481. The predicted molar refractivity (Wildman–Crippen MR) is 130 cm³/mol. The van der Waals surface area contributed by atoms with Crippen molar-refractivity contribution in [2.45, 2.75) is 51.2 Å². The molecular weight excluding hydrogens is 400 g/mol. The molecule has 0 radical (unpaired) electrons. The van der Waals surface area contributed by atoms with Gasteiger partial charge in [0.1, 0.15) is 5.75 Å². The average molecular weight is 435 g/mol. The van der Waals surface area contributed by atoms with Gasteiger partial charge in [-0.25, -0.2) is 0 Å². The van der Waals surface area contributed by atoms with Gasteiger partial charge >= 0.3 is 0 Å². The molecule has 0 bridgehead atoms. The largest absolute Gasteiger partial charge is 0.497 e. The first-order chi connectivity index (χ1) is 15.7. The van der Waals surface area contributed by atoms with E-state index in [1.54, 1.807) is 21.3 Å². The third kappa shape index (κ3) is 3.39. The van der Waals surface area contributed by atoms with Gasteiger partial charge in [0.25, 0.3) is 0 Å². The van der Waals surface area contributed by atoms with E-state index in [2.05, 4.69) is 47.5 Å². The van der Waals surface area contributed by atoms with Crippen LogP contribution in [0.3, 0.4) is 0 Å². The van der Waals surface area contributed by atoms with E-state index < -0.39 is 0 Å². The van der Waals surface area contributed by atoms with Crippen LogP contribution < -0.4 is 19.5 Å². The van der Waals surface area contributed by atoms with Gasteiger partial charge in [0.2, 0.25) is 0 Å². The summed E-state index contributed by atoms with van der Waals surface area (Å²) in [6.45, 7) is 5.46. The normalized spacial score (nSPS) is 20.4. The number of unbranched alkanes of at least 4 members (excludes halogenated alkanes) is 1. The van der Waals surface area contributed by atoms with E-state index in [0.29, 0.717) is 12.1 Å². The Hall–Kier alpha value is -2.50. The molecule has 3 aromatic carbocycles. The number of benzene rings is 3. The first kappa shape index (κ1) is 21.4. The SMILES string of the molecule is CCCCN[C@H]1c2c(c3cc(OC)c(OC)cc3c3cc(OC)ccc23)CN2CCC[C@H]12. The van der Waals surface area contributed by atoms with Crippen molar-refractivity contribution in [3.8, 4) is 17.2 Å². The molecule has 5 heteroatoms. The summed E-state index contributed by atoms with van der Waals surface area (Å²) in [7, 11) is 5.15. The summed E-state index contributed by atoms with van der Waals surface area (Å²) in [6, 6.07) is 11.7. The number of nitrogens with one attached hydrogen (secondary N) is 1. The summed E-state index contributed by atoms with van der Waals surface area (Å²) in [5, 5.41) is 8.94. The molecular formula is C27H34N2O3. The summed E-state index contributed by atoms with van der Waals surface area (Å²) in [5.74, 6) is 2.42. The second-order valence-electron chi connectivity index (χ2n) is 9.02. The highest BCUT2D eigenvalue weighted by atomic mass is 16.5. The Morgan fingerprint density at radius 2 is 1.69 bits per heavy atom. The fourth-order valence-electron chi connectivity index (χ4n) is 5.79. The van der Waals surface area contributed by atoms with Gasteiger partial charge < -0.3 is 19.5 Å². The number of ether oxygens (including phenoxy) is 3. The molecule has 0 aliphatic carbocycles. The number of hydrogen-bond acceptors (Lipinski definition) is 5. The van der Waals surface area contributed by atoms with Gasteiger partial charge in [-0.3, -0.25) is 4.90 Å². The third-order valence-corrected chi connectivity index (χ3v) is 7.35. The van der Waals surface area contributed by atoms with Crippen LogP contribution in [0.2, 0.25) is 0 Å². The number of rotatable bonds is 7. The predicted octanol–water partition coefficient (Wildman–Crippen LogP) is 5.43. The zero-order chi connectivity index (χ0) is 22.2. The highest BCUT2D eigenvalue weighted by Gasteiger charge is 2.39. The molecule has 2 aliphatic rings. The molecule has 2 heterocycles. The standard InChI is InChI=1S/C27H34N2O3/c1-5-6-11-28-27-23-8-7-12-29(23)16-22-21-15-25(32-4)24(31-3)14-20(21)19-13-17(30-2)9-10-18(19)26(22)27/h9-10,13-15,23,27-28H,5-8,11-12,16H2,1-4H3/t23-,27-/m1/s1. The molecule has 0 aromatic heterocycles. The average Bonchev–Trinajstić information content (AvgIpc) is 3.31. The number of methoxy groups -OCH3 is 3. The highest BCUT2D eigenvalue weighted by Crippen LogP contribution is 2.47. The van der Waals surface area contributed by atoms with Gasteiger partial charge in [-0.15, -0.1) is 0 Å². The van der Waals surface area contributed by atoms with Crippen LogP contribution in [-0.4, -0.2) is 45.4 Å². The highest BCUT2D eigenvalue weighted by molar-refractivity contribution is 6.12. The molecule has 5 nitrogen and oxygen atoms in total. The minimum Gasteiger partial charge on any atom is -0.497 e. The van der Waals surface area contributed by atoms with Crippen LogP contribution in [0.1, 0.15) is 49.8 Å². The molecule has 0 unspecified atom stereocenters. The van der Waals surface area contributed by atoms with Crippen LogP contribution in [0.15, 0.2) is 30.3 Å². The summed E-state index contributed by atoms with van der Waals surface area (Å²) < 4.78 is 17.0. The Bertz CT molecular complexity index is 1140. The molecule has 170 valence electrons. The van der Waals surface area contributed by atoms with Crippen molar-refractivity contribution in [3.05, 3.63) is 41.5 Å². The second kappa shape index (κ2) is 8.80. The topological polar surface area (TPSA) is 43.0 Å². The Morgan fingerprint density at radius 1 is 0.938 bits per heavy atom. The molecule has 0 saturated carbocycles. The Balaban J connectivity index is 1.83. The lowest BCUT2D eigenvalue weighted by Crippen LogP contribution is -2.45. The first-order valence-electron chi connectivity index (χ1n) is 11.9. The van der Waals surface area contributed by atoms with Gasteiger partial charge in [-0.1, -0.05) is 19.4 Å². The van der Waals surface area contributed by atoms with Crippen LogP contribution in [0.4, 0.5) is 0 Å². The fourth-order valence-corrected chi connectivity index (χ4v) is 5.79. The molecule has 0 amide bonds. The van der Waals surface area contributed by atoms with Gasteiger partial charge in [-0.2, -0.15) is 0 Å². The van der Waals surface area contributed by atoms with Gasteiger partial charge in [0.15, 0.2) is 11.5 Å². The van der Waals surface area contributed by atoms with Crippen molar-refractivity contribution in [3.63, 3.8) is 0 Å². The summed E-state index contributed by atoms with van der Waals surface area (Å²) in [4.78, 5) is 2.68. The van der Waals surface area contributed by atoms with Crippen LogP contribution in [0, 0.1) is 0 Å². The molecule has 32 heavy (non-hydrogen) atoms. The van der Waals surface area contributed by atoms with Crippen LogP contribution >= 0.6 is 0 Å². The smallest absolute Gasteiger partial charge is 0.161 e. The lowest BCUT2D eigenvalue weighted by molar-refractivity contribution is 0.180. The monoisotopic (exact) mass is 434 g/mol. The molecule has 3 aromatic rings. The Kier molecular flexibility index (Phi) is 5.87. The van der Waals surface area contributed by atoms with E-state index in [4.69, 9.17) is 14.2 Å². The van der Waals surface area contributed by atoms with Gasteiger partial charge in [-0.05, 0) is 89.3 Å². The van der Waals surface area contributed by atoms with E-state index in [1.165, 1.54) is 64.9 Å². The summed E-state index contributed by atoms with van der Waals surface area (Å²) in [6.07, 6.45) is 4.92. The van der Waals surface area contributed by atoms with Crippen molar-refractivity contribution < 1.29 is 14.2 Å². The lowest BCUT2D eigenvalue weighted by atomic mass is 9.82. The summed E-state index contributed by atoms with van der Waals surface area (Å²) >= 11 is 0. The quantitative estimate of drug-likeness (QED) is 0.397. The summed E-state index contributed by atoms with van der Waals surface area (Å²) in [5.41, 5.74) is 2.88. The van der Waals surface area contributed by atoms with Crippen molar-refractivity contribution in [2.75, 3.05) is 34.4 Å². The molecule has 1 N–H and O–H groups in total. The lowest BCUT2D eigenvalue weighted by Gasteiger charge is -2.40. The molecule has 1 fully saturated rings. The van der Waals surface area contributed by atoms with Crippen molar-refractivity contribution in [2.24, 2.45) is 0 Å². The Morgan fingerprint density at radius 3 is 2.41 bits per heavy atom. The van der Waals surface area contributed by atoms with Crippen molar-refractivity contribution in [1.29, 1.82) is 0 Å². The van der Waals surface area contributed by atoms with Gasteiger partial charge in [0, 0.05) is 18.6 Å². The van der Waals surface area contributed by atoms with Gasteiger partial charge in [0.05, 0.1) is 21.3 Å². The maximum Gasteiger partial charge on any atom is 0.161 e. The minimum absolute atomic E-state index is 0.334. The molecule has 2 atom stereocenters. The van der Waals surface area contributed by atoms with Crippen LogP contribution in [0.5, 0.6) is 17.2 Å². The van der Waals surface area contributed by atoms with Crippen molar-refractivity contribution in [1.82, 2.24) is 10.2 Å². The Labute approximate surface area is 190 Å². The van der Waals surface area contributed by atoms with E-state index in [1.807, 2.05) is 0 Å². The zero-order valence-corrected chi connectivity index (χ0v) is 19.7. The minimum atomic E-state index is 0.334. The van der Waals surface area contributed by atoms with Crippen LogP contribution in [0.25, 0.3) is 21.5 Å². The van der Waals surface area contributed by atoms with E-state index >= 15 is 0 Å². The number of hydrogen-bond donors (Lipinski definition) is 1.